The van der Waals surface area contributed by atoms with Gasteiger partial charge in [0.1, 0.15) is 11.5 Å². The van der Waals surface area contributed by atoms with Crippen molar-refractivity contribution in [3.8, 4) is 22.4 Å². The van der Waals surface area contributed by atoms with Gasteiger partial charge in [0.2, 0.25) is 5.91 Å². The normalized spacial score (nSPS) is 16.3. The Hall–Kier alpha value is -3.06. The molecule has 1 amide bonds. The maximum absolute atomic E-state index is 13.4. The maximum Gasteiger partial charge on any atom is 0.219 e. The molecule has 26 heavy (non-hydrogen) atoms. The van der Waals surface area contributed by atoms with Crippen molar-refractivity contribution in [2.75, 3.05) is 6.54 Å². The van der Waals surface area contributed by atoms with Gasteiger partial charge in [-0.05, 0) is 42.0 Å². The van der Waals surface area contributed by atoms with Crippen molar-refractivity contribution in [3.05, 3.63) is 60.3 Å². The van der Waals surface area contributed by atoms with Crippen molar-refractivity contribution in [2.24, 2.45) is 5.73 Å². The van der Waals surface area contributed by atoms with E-state index in [0.29, 0.717) is 13.1 Å². The van der Waals surface area contributed by atoms with Crippen LogP contribution in [0.2, 0.25) is 0 Å². The average molecular weight is 351 g/mol. The summed E-state index contributed by atoms with van der Waals surface area (Å²) >= 11 is 0. The van der Waals surface area contributed by atoms with E-state index < -0.39 is 0 Å². The molecule has 6 nitrogen and oxygen atoms in total. The largest absolute Gasteiger partial charge is 0.370 e. The van der Waals surface area contributed by atoms with E-state index >= 15 is 0 Å². The van der Waals surface area contributed by atoms with Crippen LogP contribution >= 0.6 is 0 Å². The van der Waals surface area contributed by atoms with E-state index in [9.17, 15) is 9.18 Å². The lowest BCUT2D eigenvalue weighted by molar-refractivity contribution is -0.118. The molecule has 0 saturated heterocycles. The van der Waals surface area contributed by atoms with Gasteiger partial charge < -0.3 is 11.1 Å². The van der Waals surface area contributed by atoms with Crippen LogP contribution in [0.1, 0.15) is 18.2 Å². The number of nitrogens with zero attached hydrogens (tertiary/aromatic N) is 3. The Balaban J connectivity index is 1.91. The third-order valence-electron chi connectivity index (χ3n) is 4.55. The van der Waals surface area contributed by atoms with Crippen LogP contribution < -0.4 is 11.1 Å². The maximum atomic E-state index is 13.4. The zero-order valence-electron chi connectivity index (χ0n) is 14.0. The number of aromatic nitrogens is 3. The van der Waals surface area contributed by atoms with Gasteiger partial charge in [-0.15, -0.1) is 0 Å². The molecule has 1 aliphatic heterocycles. The number of primary amides is 1. The van der Waals surface area contributed by atoms with Gasteiger partial charge in [-0.25, -0.2) is 4.39 Å². The molecule has 0 bridgehead atoms. The van der Waals surface area contributed by atoms with Crippen LogP contribution in [0, 0.1) is 5.82 Å². The summed E-state index contributed by atoms with van der Waals surface area (Å²) in [5, 5.41) is 8.12. The van der Waals surface area contributed by atoms with Crippen molar-refractivity contribution in [2.45, 2.75) is 19.0 Å². The molecule has 3 heterocycles. The number of pyridine rings is 1. The predicted molar refractivity (Wildman–Crippen MR) is 95.4 cm³/mol. The zero-order valence-corrected chi connectivity index (χ0v) is 14.0. The van der Waals surface area contributed by atoms with Crippen molar-refractivity contribution < 1.29 is 9.18 Å². The average Bonchev–Trinajstić information content (AvgIpc) is 3.03. The highest BCUT2D eigenvalue weighted by atomic mass is 19.1. The Bertz CT molecular complexity index is 937. The molecular formula is C19H18FN5O. The summed E-state index contributed by atoms with van der Waals surface area (Å²) in [5.74, 6) is -0.662. The van der Waals surface area contributed by atoms with Crippen LogP contribution in [0.5, 0.6) is 0 Å². The Morgan fingerprint density at radius 3 is 2.62 bits per heavy atom. The molecule has 0 saturated carbocycles. The highest BCUT2D eigenvalue weighted by Crippen LogP contribution is 2.37. The molecule has 3 aromatic rings. The van der Waals surface area contributed by atoms with Crippen LogP contribution in [0.15, 0.2) is 48.8 Å². The zero-order chi connectivity index (χ0) is 18.1. The van der Waals surface area contributed by atoms with E-state index in [4.69, 9.17) is 10.8 Å². The summed E-state index contributed by atoms with van der Waals surface area (Å²) in [5.41, 5.74) is 9.89. The molecule has 1 atom stereocenters. The van der Waals surface area contributed by atoms with Crippen LogP contribution in [0.3, 0.4) is 0 Å². The molecule has 132 valence electrons. The first-order valence-corrected chi connectivity index (χ1v) is 8.40. The summed E-state index contributed by atoms with van der Waals surface area (Å²) < 4.78 is 15.2. The number of benzene rings is 1. The monoisotopic (exact) mass is 351 g/mol. The van der Waals surface area contributed by atoms with Gasteiger partial charge in [0, 0.05) is 36.6 Å². The fourth-order valence-electron chi connectivity index (χ4n) is 3.41. The van der Waals surface area contributed by atoms with Crippen LogP contribution in [-0.2, 0) is 11.3 Å². The topological polar surface area (TPSA) is 85.8 Å². The fourth-order valence-corrected chi connectivity index (χ4v) is 3.41. The Kier molecular flexibility index (Phi) is 4.22. The lowest BCUT2D eigenvalue weighted by Crippen LogP contribution is -2.36. The summed E-state index contributed by atoms with van der Waals surface area (Å²) in [6, 6.07) is 9.96. The van der Waals surface area contributed by atoms with Crippen LogP contribution in [0.25, 0.3) is 22.4 Å². The number of rotatable bonds is 4. The first-order chi connectivity index (χ1) is 12.6. The third kappa shape index (κ3) is 2.97. The molecule has 0 aliphatic carbocycles. The van der Waals surface area contributed by atoms with Crippen molar-refractivity contribution in [1.29, 1.82) is 0 Å². The number of nitrogens with two attached hydrogens (primary N) is 1. The minimum atomic E-state index is -0.367. The number of amides is 1. The first kappa shape index (κ1) is 16.4. The molecule has 3 N–H and O–H groups in total. The fraction of sp³-hybridized carbons (Fsp3) is 0.211. The second-order valence-corrected chi connectivity index (χ2v) is 6.31. The molecule has 1 aromatic carbocycles. The standard InChI is InChI=1S/C19H18FN5O/c20-14-3-1-13(2-4-14)19-18(12-5-7-22-8-6-12)16-11-23-10-15(9-17(21)26)25(16)24-19/h1-8,15,23H,9-11H2,(H2,21,26). The SMILES string of the molecule is NC(=O)CC1CNCc2c(-c3ccncc3)c(-c3ccc(F)cc3)nn21. The van der Waals surface area contributed by atoms with E-state index in [-0.39, 0.29) is 24.2 Å². The Morgan fingerprint density at radius 1 is 1.19 bits per heavy atom. The van der Waals surface area contributed by atoms with E-state index in [0.717, 1.165) is 28.1 Å². The van der Waals surface area contributed by atoms with Gasteiger partial charge in [0.15, 0.2) is 0 Å². The number of halogens is 1. The molecule has 2 aromatic heterocycles. The number of hydrogen-bond acceptors (Lipinski definition) is 4. The van der Waals surface area contributed by atoms with E-state index in [1.165, 1.54) is 12.1 Å². The number of hydrogen-bond donors (Lipinski definition) is 2. The highest BCUT2D eigenvalue weighted by molar-refractivity contribution is 5.83. The molecular weight excluding hydrogens is 333 g/mol. The molecule has 0 radical (unpaired) electrons. The highest BCUT2D eigenvalue weighted by Gasteiger charge is 2.28. The quantitative estimate of drug-likeness (QED) is 0.755. The molecule has 1 unspecified atom stereocenters. The molecule has 0 spiro atoms. The lowest BCUT2D eigenvalue weighted by Gasteiger charge is -2.25. The lowest BCUT2D eigenvalue weighted by atomic mass is 9.98. The van der Waals surface area contributed by atoms with Gasteiger partial charge in [-0.2, -0.15) is 5.10 Å². The van der Waals surface area contributed by atoms with Crippen molar-refractivity contribution in [1.82, 2.24) is 20.1 Å². The summed E-state index contributed by atoms with van der Waals surface area (Å²) in [7, 11) is 0. The molecule has 7 heteroatoms. The molecule has 0 fully saturated rings. The van der Waals surface area contributed by atoms with E-state index in [1.807, 2.05) is 16.8 Å². The first-order valence-electron chi connectivity index (χ1n) is 8.40. The molecule has 4 rings (SSSR count). The summed E-state index contributed by atoms with van der Waals surface area (Å²) in [4.78, 5) is 15.5. The van der Waals surface area contributed by atoms with Crippen LogP contribution in [0.4, 0.5) is 4.39 Å². The predicted octanol–water partition coefficient (Wildman–Crippen LogP) is 2.27. The third-order valence-corrected chi connectivity index (χ3v) is 4.55. The second-order valence-electron chi connectivity index (χ2n) is 6.31. The van der Waals surface area contributed by atoms with Gasteiger partial charge in [0.25, 0.3) is 0 Å². The van der Waals surface area contributed by atoms with Crippen molar-refractivity contribution in [3.63, 3.8) is 0 Å². The molecule has 1 aliphatic rings. The van der Waals surface area contributed by atoms with Gasteiger partial charge in [0.05, 0.1) is 18.2 Å². The summed E-state index contributed by atoms with van der Waals surface area (Å²) in [6.07, 6.45) is 3.66. The van der Waals surface area contributed by atoms with Crippen molar-refractivity contribution >= 4 is 5.91 Å². The van der Waals surface area contributed by atoms with E-state index in [2.05, 4.69) is 10.3 Å². The second kappa shape index (κ2) is 6.68. The Labute approximate surface area is 149 Å². The minimum Gasteiger partial charge on any atom is -0.370 e. The number of nitrogens with one attached hydrogen (secondary N) is 1. The van der Waals surface area contributed by atoms with E-state index in [1.54, 1.807) is 24.5 Å². The van der Waals surface area contributed by atoms with Gasteiger partial charge >= 0.3 is 0 Å². The summed E-state index contributed by atoms with van der Waals surface area (Å²) in [6.45, 7) is 1.25. The number of fused-ring (bicyclic) bond motifs is 1. The minimum absolute atomic E-state index is 0.147. The van der Waals surface area contributed by atoms with Gasteiger partial charge in [-0.3, -0.25) is 14.5 Å². The van der Waals surface area contributed by atoms with Crippen LogP contribution in [-0.4, -0.2) is 27.2 Å². The number of carbonyl (C=O) groups excluding carboxylic acids is 1. The van der Waals surface area contributed by atoms with Gasteiger partial charge in [-0.1, -0.05) is 0 Å². The Morgan fingerprint density at radius 2 is 1.92 bits per heavy atom. The smallest absolute Gasteiger partial charge is 0.219 e. The number of carbonyl (C=O) groups is 1.